The maximum Gasteiger partial charge on any atom is 0.220 e. The number of hydrogen-bond donors (Lipinski definition) is 3. The topological polar surface area (TPSA) is 69.6 Å². The molecule has 0 aromatic heterocycles. The van der Waals surface area contributed by atoms with Crippen LogP contribution in [0, 0.1) is 0 Å². The van der Waals surface area contributed by atoms with Crippen molar-refractivity contribution >= 4 is 5.91 Å². The molecule has 0 heterocycles. The van der Waals surface area contributed by atoms with E-state index in [1.807, 2.05) is 6.08 Å². The Morgan fingerprint density at radius 1 is 0.431 bits per heavy atom. The second-order valence-corrected chi connectivity index (χ2v) is 15.8. The maximum absolute atomic E-state index is 12.4. The van der Waals surface area contributed by atoms with E-state index in [2.05, 4.69) is 116 Å². The van der Waals surface area contributed by atoms with E-state index < -0.39 is 12.1 Å². The quantitative estimate of drug-likeness (QED) is 0.0425. The number of carbonyl (C=O) groups excluding carboxylic acids is 1. The summed E-state index contributed by atoms with van der Waals surface area (Å²) in [7, 11) is 0. The van der Waals surface area contributed by atoms with E-state index in [1.54, 1.807) is 6.08 Å². The highest BCUT2D eigenvalue weighted by Gasteiger charge is 2.17. The fourth-order valence-corrected chi connectivity index (χ4v) is 6.58. The number of hydrogen-bond acceptors (Lipinski definition) is 3. The van der Waals surface area contributed by atoms with Crippen molar-refractivity contribution in [3.63, 3.8) is 0 Å². The number of rotatable bonds is 42. The average Bonchev–Trinajstić information content (AvgIpc) is 3.23. The summed E-state index contributed by atoms with van der Waals surface area (Å²) in [6.07, 6.45) is 73.5. The molecule has 1 amide bonds. The van der Waals surface area contributed by atoms with E-state index in [4.69, 9.17) is 0 Å². The van der Waals surface area contributed by atoms with Crippen LogP contribution in [-0.2, 0) is 4.79 Å². The highest BCUT2D eigenvalue weighted by Crippen LogP contribution is 2.14. The van der Waals surface area contributed by atoms with Crippen LogP contribution in [-0.4, -0.2) is 34.9 Å². The average molecular weight is 802 g/mol. The number of carbonyl (C=O) groups is 1. The zero-order chi connectivity index (χ0) is 42.1. The number of nitrogens with one attached hydrogen (secondary N) is 1. The molecule has 0 saturated carbocycles. The smallest absolute Gasteiger partial charge is 0.220 e. The van der Waals surface area contributed by atoms with Crippen molar-refractivity contribution < 1.29 is 15.0 Å². The Kier molecular flexibility index (Phi) is 46.0. The number of allylic oxidation sites excluding steroid dienone is 17. The molecule has 4 nitrogen and oxygen atoms in total. The molecule has 2 atom stereocenters. The van der Waals surface area contributed by atoms with E-state index in [1.165, 1.54) is 96.3 Å². The van der Waals surface area contributed by atoms with E-state index >= 15 is 0 Å². The van der Waals surface area contributed by atoms with Crippen molar-refractivity contribution in [2.24, 2.45) is 0 Å². The summed E-state index contributed by atoms with van der Waals surface area (Å²) in [4.78, 5) is 12.4. The van der Waals surface area contributed by atoms with Crippen LogP contribution in [0.5, 0.6) is 0 Å². The first-order valence-corrected chi connectivity index (χ1v) is 24.1. The summed E-state index contributed by atoms with van der Waals surface area (Å²) in [5, 5.41) is 23.0. The fourth-order valence-electron chi connectivity index (χ4n) is 6.58. The van der Waals surface area contributed by atoms with Crippen LogP contribution >= 0.6 is 0 Å². The van der Waals surface area contributed by atoms with Crippen molar-refractivity contribution in [3.8, 4) is 0 Å². The van der Waals surface area contributed by atoms with Gasteiger partial charge in [0.1, 0.15) is 0 Å². The molecule has 0 aromatic carbocycles. The molecule has 0 aromatic rings. The van der Waals surface area contributed by atoms with E-state index in [0.29, 0.717) is 6.42 Å². The standard InChI is InChI=1S/C54H91NO3/c1-3-5-7-9-11-13-15-17-19-21-23-24-25-26-27-28-29-30-32-34-36-38-40-42-44-46-48-50-54(58)55-52(51-56)53(57)49-47-45-43-41-39-37-35-33-31-22-20-18-16-14-12-10-8-6-4-2/h5,7,11,13,17,19,23-24,26-27,29-30,34,36,39,41,47,49,52-53,56-57H,3-4,6,8-10,12,14-16,18,20-22,25,28,31-33,35,37-38,40,42-46,48,50-51H2,1-2H3,(H,55,58)/b7-5-,13-11-,19-17-,24-23-,27-26-,30-29-,36-34-,41-39+,49-47+. The first-order chi connectivity index (χ1) is 28.7. The molecular weight excluding hydrogens is 711 g/mol. The predicted octanol–water partition coefficient (Wildman–Crippen LogP) is 15.6. The second kappa shape index (κ2) is 48.4. The molecule has 0 saturated heterocycles. The first kappa shape index (κ1) is 55.0. The van der Waals surface area contributed by atoms with Gasteiger partial charge >= 0.3 is 0 Å². The Bertz CT molecular complexity index is 1140. The summed E-state index contributed by atoms with van der Waals surface area (Å²) in [5.74, 6) is -0.0973. The summed E-state index contributed by atoms with van der Waals surface area (Å²) in [6, 6.07) is -0.658. The maximum atomic E-state index is 12.4. The lowest BCUT2D eigenvalue weighted by Crippen LogP contribution is -2.45. The van der Waals surface area contributed by atoms with E-state index in [-0.39, 0.29) is 12.5 Å². The minimum Gasteiger partial charge on any atom is -0.394 e. The normalized spacial score (nSPS) is 13.9. The number of unbranched alkanes of at least 4 members (excludes halogenated alkanes) is 19. The molecule has 0 fully saturated rings. The van der Waals surface area contributed by atoms with E-state index in [0.717, 1.165) is 89.9 Å². The second-order valence-electron chi connectivity index (χ2n) is 15.8. The van der Waals surface area contributed by atoms with Crippen LogP contribution in [0.4, 0.5) is 0 Å². The monoisotopic (exact) mass is 802 g/mol. The molecule has 0 spiro atoms. The zero-order valence-corrected chi connectivity index (χ0v) is 37.8. The van der Waals surface area contributed by atoms with Gasteiger partial charge in [-0.1, -0.05) is 220 Å². The van der Waals surface area contributed by atoms with Crippen LogP contribution in [0.3, 0.4) is 0 Å². The van der Waals surface area contributed by atoms with Gasteiger partial charge in [-0.3, -0.25) is 4.79 Å². The Morgan fingerprint density at radius 3 is 1.21 bits per heavy atom. The third kappa shape index (κ3) is 44.2. The van der Waals surface area contributed by atoms with Gasteiger partial charge in [0.2, 0.25) is 5.91 Å². The third-order valence-corrected chi connectivity index (χ3v) is 10.2. The van der Waals surface area contributed by atoms with Crippen molar-refractivity contribution in [1.82, 2.24) is 5.32 Å². The Balaban J connectivity index is 3.71. The van der Waals surface area contributed by atoms with Crippen LogP contribution in [0.1, 0.15) is 206 Å². The number of amides is 1. The van der Waals surface area contributed by atoms with Gasteiger partial charge in [0, 0.05) is 6.42 Å². The van der Waals surface area contributed by atoms with Gasteiger partial charge in [0.05, 0.1) is 18.8 Å². The molecule has 0 radical (unpaired) electrons. The Labute approximate surface area is 359 Å². The van der Waals surface area contributed by atoms with Crippen molar-refractivity contribution in [2.75, 3.05) is 6.61 Å². The Hall–Kier alpha value is -2.95. The highest BCUT2D eigenvalue weighted by molar-refractivity contribution is 5.76. The molecule has 0 bridgehead atoms. The molecule has 330 valence electrons. The first-order valence-electron chi connectivity index (χ1n) is 24.1. The molecule has 0 aliphatic rings. The van der Waals surface area contributed by atoms with Gasteiger partial charge in [-0.2, -0.15) is 0 Å². The van der Waals surface area contributed by atoms with Crippen LogP contribution in [0.15, 0.2) is 109 Å². The SMILES string of the molecule is CC/C=C\C/C=C\C/C=C\C/C=C\C/C=C\C/C=C\C/C=C\CCCCCCCC(=O)NC(CO)C(O)/C=C/CC/C=C/CCCCCCCCCCCCCCC. The highest BCUT2D eigenvalue weighted by atomic mass is 16.3. The van der Waals surface area contributed by atoms with Gasteiger partial charge in [-0.25, -0.2) is 0 Å². The Morgan fingerprint density at radius 2 is 0.776 bits per heavy atom. The number of aliphatic hydroxyl groups is 2. The van der Waals surface area contributed by atoms with Crippen LogP contribution in [0.2, 0.25) is 0 Å². The predicted molar refractivity (Wildman–Crippen MR) is 257 cm³/mol. The summed E-state index contributed by atoms with van der Waals surface area (Å²) in [6.45, 7) is 4.17. The van der Waals surface area contributed by atoms with Gasteiger partial charge < -0.3 is 15.5 Å². The summed E-state index contributed by atoms with van der Waals surface area (Å²) < 4.78 is 0. The molecule has 2 unspecified atom stereocenters. The van der Waals surface area contributed by atoms with Crippen molar-refractivity contribution in [2.45, 2.75) is 219 Å². The molecule has 4 heteroatoms. The van der Waals surface area contributed by atoms with Gasteiger partial charge in [0.25, 0.3) is 0 Å². The summed E-state index contributed by atoms with van der Waals surface area (Å²) >= 11 is 0. The van der Waals surface area contributed by atoms with Crippen LogP contribution < -0.4 is 5.32 Å². The van der Waals surface area contributed by atoms with Gasteiger partial charge in [-0.05, 0) is 89.9 Å². The fraction of sp³-hybridized carbons (Fsp3) is 0.648. The number of aliphatic hydroxyl groups excluding tert-OH is 2. The molecule has 58 heavy (non-hydrogen) atoms. The van der Waals surface area contributed by atoms with E-state index in [9.17, 15) is 15.0 Å². The molecule has 0 aliphatic heterocycles. The van der Waals surface area contributed by atoms with Gasteiger partial charge in [-0.15, -0.1) is 0 Å². The zero-order valence-electron chi connectivity index (χ0n) is 37.8. The molecule has 0 rings (SSSR count). The molecular formula is C54H91NO3. The minimum absolute atomic E-state index is 0.0973. The summed E-state index contributed by atoms with van der Waals surface area (Å²) in [5.41, 5.74) is 0. The van der Waals surface area contributed by atoms with Crippen LogP contribution in [0.25, 0.3) is 0 Å². The molecule has 0 aliphatic carbocycles. The third-order valence-electron chi connectivity index (χ3n) is 10.2. The van der Waals surface area contributed by atoms with Crippen molar-refractivity contribution in [3.05, 3.63) is 109 Å². The minimum atomic E-state index is -0.879. The lowest BCUT2D eigenvalue weighted by molar-refractivity contribution is -0.123. The largest absolute Gasteiger partial charge is 0.394 e. The van der Waals surface area contributed by atoms with Gasteiger partial charge in [0.15, 0.2) is 0 Å². The molecule has 3 N–H and O–H groups in total. The lowest BCUT2D eigenvalue weighted by Gasteiger charge is -2.19. The lowest BCUT2D eigenvalue weighted by atomic mass is 10.0. The van der Waals surface area contributed by atoms with Crippen molar-refractivity contribution in [1.29, 1.82) is 0 Å².